The molecule has 0 spiro atoms. The summed E-state index contributed by atoms with van der Waals surface area (Å²) in [4.78, 5) is 15.0. The smallest absolute Gasteiger partial charge is 0.273 e. The largest absolute Gasteiger partial charge is 0.349 e. The normalized spacial score (nSPS) is 17.2. The van der Waals surface area contributed by atoms with Crippen LogP contribution in [0.4, 0.5) is 0 Å². The minimum atomic E-state index is -0.154. The highest BCUT2D eigenvalue weighted by Gasteiger charge is 2.22. The molecule has 1 aromatic carbocycles. The van der Waals surface area contributed by atoms with Crippen molar-refractivity contribution in [1.82, 2.24) is 25.2 Å². The first kappa shape index (κ1) is 18.6. The number of amides is 1. The van der Waals surface area contributed by atoms with Gasteiger partial charge < -0.3 is 5.32 Å². The van der Waals surface area contributed by atoms with Crippen molar-refractivity contribution in [1.29, 1.82) is 0 Å². The Morgan fingerprint density at radius 2 is 2.04 bits per heavy atom. The van der Waals surface area contributed by atoms with E-state index in [-0.39, 0.29) is 5.91 Å². The van der Waals surface area contributed by atoms with Crippen molar-refractivity contribution in [2.45, 2.75) is 46.6 Å². The lowest BCUT2D eigenvalue weighted by Gasteiger charge is -2.34. The van der Waals surface area contributed by atoms with Crippen LogP contribution in [0.15, 0.2) is 24.3 Å². The summed E-state index contributed by atoms with van der Waals surface area (Å²) in [6.07, 6.45) is 2.48. The molecule has 1 fully saturated rings. The monoisotopic (exact) mass is 355 g/mol. The molecule has 1 atom stereocenters. The number of likely N-dealkylation sites (tertiary alicyclic amines) is 1. The second-order valence-corrected chi connectivity index (χ2v) is 7.55. The van der Waals surface area contributed by atoms with E-state index in [0.29, 0.717) is 18.3 Å². The van der Waals surface area contributed by atoms with Crippen LogP contribution in [-0.2, 0) is 0 Å². The van der Waals surface area contributed by atoms with Crippen LogP contribution in [0.2, 0.25) is 0 Å². The number of benzene rings is 1. The predicted molar refractivity (Wildman–Crippen MR) is 103 cm³/mol. The summed E-state index contributed by atoms with van der Waals surface area (Å²) in [5, 5.41) is 11.3. The minimum Gasteiger partial charge on any atom is -0.349 e. The Balaban J connectivity index is 1.62. The summed E-state index contributed by atoms with van der Waals surface area (Å²) >= 11 is 0. The lowest BCUT2D eigenvalue weighted by molar-refractivity contribution is 0.0916. The van der Waals surface area contributed by atoms with Gasteiger partial charge in [0.25, 0.3) is 5.91 Å². The van der Waals surface area contributed by atoms with Gasteiger partial charge in [-0.3, -0.25) is 9.69 Å². The maximum absolute atomic E-state index is 12.6. The van der Waals surface area contributed by atoms with E-state index in [1.165, 1.54) is 12.8 Å². The summed E-state index contributed by atoms with van der Waals surface area (Å²) < 4.78 is 1.72. The van der Waals surface area contributed by atoms with Crippen molar-refractivity contribution in [3.63, 3.8) is 0 Å². The molecule has 0 saturated carbocycles. The molecule has 0 bridgehead atoms. The van der Waals surface area contributed by atoms with E-state index in [1.54, 1.807) is 4.68 Å². The molecule has 26 heavy (non-hydrogen) atoms. The van der Waals surface area contributed by atoms with Gasteiger partial charge >= 0.3 is 0 Å². The zero-order valence-corrected chi connectivity index (χ0v) is 16.2. The number of nitrogens with zero attached hydrogens (tertiary/aromatic N) is 4. The lowest BCUT2D eigenvalue weighted by Crippen LogP contribution is -2.45. The Hall–Kier alpha value is -2.21. The molecule has 3 rings (SSSR count). The molecule has 1 saturated heterocycles. The van der Waals surface area contributed by atoms with E-state index < -0.39 is 0 Å². The number of carbonyl (C=O) groups is 1. The van der Waals surface area contributed by atoms with Crippen molar-refractivity contribution >= 4 is 5.91 Å². The summed E-state index contributed by atoms with van der Waals surface area (Å²) in [5.41, 5.74) is 3.22. The van der Waals surface area contributed by atoms with E-state index in [2.05, 4.69) is 34.4 Å². The van der Waals surface area contributed by atoms with Crippen LogP contribution in [-0.4, -0.2) is 51.5 Å². The number of carbonyl (C=O) groups excluding carboxylic acids is 1. The summed E-state index contributed by atoms with van der Waals surface area (Å²) in [6, 6.07) is 8.34. The fraction of sp³-hybridized carbons (Fsp3) is 0.550. The van der Waals surface area contributed by atoms with Gasteiger partial charge in [-0.1, -0.05) is 24.3 Å². The van der Waals surface area contributed by atoms with Gasteiger partial charge in [0.1, 0.15) is 0 Å². The first-order chi connectivity index (χ1) is 12.5. The highest BCUT2D eigenvalue weighted by Crippen LogP contribution is 2.18. The van der Waals surface area contributed by atoms with E-state index in [1.807, 2.05) is 38.1 Å². The number of piperidine rings is 1. The van der Waals surface area contributed by atoms with Gasteiger partial charge in [-0.2, -0.15) is 0 Å². The molecule has 140 valence electrons. The molecule has 1 amide bonds. The molecular formula is C20H29N5O. The van der Waals surface area contributed by atoms with Crippen LogP contribution in [0.5, 0.6) is 0 Å². The maximum atomic E-state index is 12.6. The van der Waals surface area contributed by atoms with Gasteiger partial charge in [-0.15, -0.1) is 5.10 Å². The van der Waals surface area contributed by atoms with Crippen LogP contribution >= 0.6 is 0 Å². The zero-order chi connectivity index (χ0) is 18.7. The molecule has 2 heterocycles. The molecule has 1 unspecified atom stereocenters. The fourth-order valence-corrected chi connectivity index (χ4v) is 3.47. The Morgan fingerprint density at radius 3 is 2.73 bits per heavy atom. The van der Waals surface area contributed by atoms with E-state index in [9.17, 15) is 4.79 Å². The average molecular weight is 355 g/mol. The molecule has 1 aromatic heterocycles. The topological polar surface area (TPSA) is 63.1 Å². The molecule has 0 radical (unpaired) electrons. The molecule has 2 aromatic rings. The fourth-order valence-electron chi connectivity index (χ4n) is 3.47. The van der Waals surface area contributed by atoms with Gasteiger partial charge in [0.05, 0.1) is 11.4 Å². The number of nitrogens with one attached hydrogen (secondary N) is 1. The van der Waals surface area contributed by atoms with Gasteiger partial charge in [0, 0.05) is 12.6 Å². The number of aryl methyl sites for hydroxylation is 1. The molecule has 1 aliphatic rings. The Morgan fingerprint density at radius 1 is 1.31 bits per heavy atom. The first-order valence-corrected chi connectivity index (χ1v) is 9.47. The number of rotatable bonds is 5. The van der Waals surface area contributed by atoms with E-state index in [0.717, 1.165) is 36.0 Å². The van der Waals surface area contributed by atoms with E-state index >= 15 is 0 Å². The quantitative estimate of drug-likeness (QED) is 0.896. The zero-order valence-electron chi connectivity index (χ0n) is 16.2. The third-order valence-corrected chi connectivity index (χ3v) is 5.36. The highest BCUT2D eigenvalue weighted by atomic mass is 16.2. The van der Waals surface area contributed by atoms with Crippen LogP contribution in [0.25, 0.3) is 5.69 Å². The molecule has 6 heteroatoms. The lowest BCUT2D eigenvalue weighted by atomic mass is 9.98. The van der Waals surface area contributed by atoms with Crippen molar-refractivity contribution in [3.05, 3.63) is 41.2 Å². The SMILES string of the molecule is Cc1cccc(-n2nnc(C(=O)NCC(C)N3CCC(C)CC3)c2C)c1. The van der Waals surface area contributed by atoms with Crippen molar-refractivity contribution in [3.8, 4) is 5.69 Å². The Bertz CT molecular complexity index is 761. The molecule has 0 aliphatic carbocycles. The second-order valence-electron chi connectivity index (χ2n) is 7.55. The molecule has 1 N–H and O–H groups in total. The summed E-state index contributed by atoms with van der Waals surface area (Å²) in [7, 11) is 0. The van der Waals surface area contributed by atoms with Gasteiger partial charge in [-0.05, 0) is 70.3 Å². The van der Waals surface area contributed by atoms with Gasteiger partial charge in [0.2, 0.25) is 0 Å². The third kappa shape index (κ3) is 4.12. The molecule has 6 nitrogen and oxygen atoms in total. The first-order valence-electron chi connectivity index (χ1n) is 9.47. The predicted octanol–water partition coefficient (Wildman–Crippen LogP) is 2.73. The standard InChI is InChI=1S/C20H29N5O/c1-14-8-10-24(11-9-14)16(3)13-21-20(26)19-17(4)25(23-22-19)18-7-5-6-15(2)12-18/h5-7,12,14,16H,8-11,13H2,1-4H3,(H,21,26). The highest BCUT2D eigenvalue weighted by molar-refractivity contribution is 5.93. The van der Waals surface area contributed by atoms with Crippen LogP contribution in [0.1, 0.15) is 48.4 Å². The molecule has 1 aliphatic heterocycles. The number of hydrogen-bond acceptors (Lipinski definition) is 4. The summed E-state index contributed by atoms with van der Waals surface area (Å²) in [5.74, 6) is 0.658. The van der Waals surface area contributed by atoms with Crippen LogP contribution in [0, 0.1) is 19.8 Å². The van der Waals surface area contributed by atoms with Crippen molar-refractivity contribution < 1.29 is 4.79 Å². The third-order valence-electron chi connectivity index (χ3n) is 5.36. The Kier molecular flexibility index (Phi) is 5.71. The van der Waals surface area contributed by atoms with Crippen LogP contribution < -0.4 is 5.32 Å². The Labute approximate surface area is 155 Å². The number of hydrogen-bond donors (Lipinski definition) is 1. The average Bonchev–Trinajstić information content (AvgIpc) is 3.01. The maximum Gasteiger partial charge on any atom is 0.273 e. The van der Waals surface area contributed by atoms with Gasteiger partial charge in [-0.25, -0.2) is 4.68 Å². The van der Waals surface area contributed by atoms with Crippen molar-refractivity contribution in [2.24, 2.45) is 5.92 Å². The van der Waals surface area contributed by atoms with Crippen molar-refractivity contribution in [2.75, 3.05) is 19.6 Å². The minimum absolute atomic E-state index is 0.154. The van der Waals surface area contributed by atoms with E-state index in [4.69, 9.17) is 0 Å². The number of aromatic nitrogens is 3. The second kappa shape index (κ2) is 7.99. The van der Waals surface area contributed by atoms with Gasteiger partial charge in [0.15, 0.2) is 5.69 Å². The molecular weight excluding hydrogens is 326 g/mol. The van der Waals surface area contributed by atoms with Crippen LogP contribution in [0.3, 0.4) is 0 Å². The summed E-state index contributed by atoms with van der Waals surface area (Å²) in [6.45, 7) is 11.3.